The molecule has 0 bridgehead atoms. The molecule has 6 nitrogen and oxygen atoms in total. The molecule has 1 atom stereocenters. The van der Waals surface area contributed by atoms with Crippen LogP contribution in [0.4, 0.5) is 0 Å². The summed E-state index contributed by atoms with van der Waals surface area (Å²) in [6.07, 6.45) is 14.9. The highest BCUT2D eigenvalue weighted by Gasteiger charge is 2.31. The number of nitrogens with zero attached hydrogens (tertiary/aromatic N) is 3. The van der Waals surface area contributed by atoms with Crippen LogP contribution < -0.4 is 10.9 Å². The molecule has 33 heavy (non-hydrogen) atoms. The van der Waals surface area contributed by atoms with Crippen molar-refractivity contribution < 1.29 is 9.90 Å². The van der Waals surface area contributed by atoms with Crippen LogP contribution in [0.1, 0.15) is 86.0 Å². The van der Waals surface area contributed by atoms with E-state index in [4.69, 9.17) is 10.2 Å². The molecule has 1 radical (unpaired) electrons. The molecule has 5 rings (SSSR count). The molecule has 169 valence electrons. The number of carboxylic acid groups (broad SMARTS) is 1. The number of aromatic carboxylic acids is 1. The third kappa shape index (κ3) is 4.87. The summed E-state index contributed by atoms with van der Waals surface area (Å²) in [5.74, 6) is 0.367. The number of carbonyl (C=O) groups is 1. The van der Waals surface area contributed by atoms with Crippen molar-refractivity contribution in [3.63, 3.8) is 0 Å². The van der Waals surface area contributed by atoms with E-state index in [1.165, 1.54) is 67.5 Å². The van der Waals surface area contributed by atoms with Crippen molar-refractivity contribution in [1.82, 2.24) is 15.4 Å². The third-order valence-corrected chi connectivity index (χ3v) is 7.20. The first-order valence-corrected chi connectivity index (χ1v) is 12.3. The van der Waals surface area contributed by atoms with Crippen molar-refractivity contribution >= 4 is 30.1 Å². The predicted octanol–water partition coefficient (Wildman–Crippen LogP) is 4.56. The second-order valence-corrected chi connectivity index (χ2v) is 9.45. The minimum absolute atomic E-state index is 0.0896. The van der Waals surface area contributed by atoms with Gasteiger partial charge in [0.25, 0.3) is 0 Å². The van der Waals surface area contributed by atoms with Crippen LogP contribution in [0.5, 0.6) is 0 Å². The monoisotopic (exact) mass is 441 g/mol. The molecule has 7 heteroatoms. The molecule has 1 aromatic carbocycles. The molecule has 0 amide bonds. The van der Waals surface area contributed by atoms with Gasteiger partial charge < -0.3 is 5.11 Å². The largest absolute Gasteiger partial charge is 0.478 e. The zero-order valence-electron chi connectivity index (χ0n) is 19.0. The molecular formula is C26H30BN4O2. The smallest absolute Gasteiger partial charge is 0.338 e. The molecule has 0 spiro atoms. The van der Waals surface area contributed by atoms with Gasteiger partial charge in [-0.15, -0.1) is 0 Å². The van der Waals surface area contributed by atoms with Gasteiger partial charge in [0.15, 0.2) is 13.1 Å². The summed E-state index contributed by atoms with van der Waals surface area (Å²) in [5, 5.41) is 13.9. The van der Waals surface area contributed by atoms with Crippen LogP contribution in [-0.4, -0.2) is 34.0 Å². The van der Waals surface area contributed by atoms with Gasteiger partial charge in [0.2, 0.25) is 0 Å². The molecule has 2 aliphatic carbocycles. The van der Waals surface area contributed by atoms with Crippen LogP contribution in [0.3, 0.4) is 0 Å². The van der Waals surface area contributed by atoms with E-state index in [0.717, 1.165) is 42.9 Å². The number of aromatic nitrogens is 2. The van der Waals surface area contributed by atoms with Crippen LogP contribution in [-0.2, 0) is 0 Å². The van der Waals surface area contributed by atoms with Gasteiger partial charge in [0, 0.05) is 18.3 Å². The first kappa shape index (κ1) is 21.9. The van der Waals surface area contributed by atoms with E-state index in [1.54, 1.807) is 0 Å². The normalized spacial score (nSPS) is 21.5. The summed E-state index contributed by atoms with van der Waals surface area (Å²) in [6, 6.07) is 8.89. The average Bonchev–Trinajstić information content (AvgIpc) is 3.33. The van der Waals surface area contributed by atoms with Gasteiger partial charge in [-0.3, -0.25) is 5.43 Å². The Bertz CT molecular complexity index is 1060. The molecule has 1 unspecified atom stereocenters. The number of rotatable bonds is 5. The van der Waals surface area contributed by atoms with Crippen molar-refractivity contribution in [3.8, 4) is 0 Å². The summed E-state index contributed by atoms with van der Waals surface area (Å²) >= 11 is 0. The molecule has 2 N–H and O–H groups in total. The zero-order valence-corrected chi connectivity index (χ0v) is 19.0. The van der Waals surface area contributed by atoms with Crippen LogP contribution in [0, 0.1) is 5.92 Å². The van der Waals surface area contributed by atoms with E-state index in [-0.39, 0.29) is 11.5 Å². The number of fused-ring (bicyclic) bond motifs is 1. The van der Waals surface area contributed by atoms with Gasteiger partial charge in [-0.2, -0.15) is 5.10 Å². The van der Waals surface area contributed by atoms with Crippen LogP contribution in [0.25, 0.3) is 5.70 Å². The van der Waals surface area contributed by atoms with Crippen LogP contribution in [0.15, 0.2) is 47.3 Å². The first-order valence-electron chi connectivity index (χ1n) is 12.3. The molecule has 3 aliphatic rings. The number of benzene rings is 1. The van der Waals surface area contributed by atoms with Gasteiger partial charge in [0.05, 0.1) is 11.3 Å². The van der Waals surface area contributed by atoms with Gasteiger partial charge in [-0.05, 0) is 30.4 Å². The summed E-state index contributed by atoms with van der Waals surface area (Å²) in [6.45, 7) is 0. The first-order chi connectivity index (χ1) is 16.2. The SMILES string of the molecule is O=C(O)c1cnc(C2=NNC(c3ccc([B]C4CCCC4)cc3)=C3CCCCCCC23)nc1. The highest BCUT2D eigenvalue weighted by atomic mass is 16.4. The maximum Gasteiger partial charge on any atom is 0.338 e. The standard InChI is InChI=1S/C26H30BN4O2/c32-26(33)18-15-28-25(29-16-18)24-22-10-4-2-1-3-9-21(22)23(30-31-24)17-11-13-20(14-12-17)27-19-7-5-6-8-19/h11-16,19,22,30H,1-10H2,(H,32,33). The number of carboxylic acids is 1. The maximum atomic E-state index is 11.2. The van der Waals surface area contributed by atoms with Gasteiger partial charge in [0.1, 0.15) is 5.71 Å². The Morgan fingerprint density at radius 3 is 2.36 bits per heavy atom. The topological polar surface area (TPSA) is 87.5 Å². The van der Waals surface area contributed by atoms with E-state index in [0.29, 0.717) is 5.82 Å². The van der Waals surface area contributed by atoms with Crippen molar-refractivity contribution in [2.75, 3.05) is 0 Å². The van der Waals surface area contributed by atoms with E-state index in [2.05, 4.69) is 46.9 Å². The third-order valence-electron chi connectivity index (χ3n) is 7.20. The van der Waals surface area contributed by atoms with Crippen molar-refractivity contribution in [3.05, 3.63) is 59.2 Å². The average molecular weight is 441 g/mol. The Labute approximate surface area is 195 Å². The fourth-order valence-electron chi connectivity index (χ4n) is 5.42. The summed E-state index contributed by atoms with van der Waals surface area (Å²) < 4.78 is 0. The molecule has 2 saturated carbocycles. The lowest BCUT2D eigenvalue weighted by molar-refractivity contribution is 0.0696. The Morgan fingerprint density at radius 2 is 1.64 bits per heavy atom. The number of hydrogen-bond donors (Lipinski definition) is 2. The van der Waals surface area contributed by atoms with Crippen molar-refractivity contribution in [2.45, 2.75) is 70.0 Å². The lowest BCUT2D eigenvalue weighted by Crippen LogP contribution is -2.31. The van der Waals surface area contributed by atoms with Gasteiger partial charge >= 0.3 is 5.97 Å². The van der Waals surface area contributed by atoms with Crippen LogP contribution >= 0.6 is 0 Å². The highest BCUT2D eigenvalue weighted by Crippen LogP contribution is 2.36. The molecule has 1 aliphatic heterocycles. The lowest BCUT2D eigenvalue weighted by Gasteiger charge is -2.30. The Morgan fingerprint density at radius 1 is 0.939 bits per heavy atom. The zero-order chi connectivity index (χ0) is 22.6. The predicted molar refractivity (Wildman–Crippen MR) is 131 cm³/mol. The molecule has 2 heterocycles. The van der Waals surface area contributed by atoms with Gasteiger partial charge in [-0.25, -0.2) is 14.8 Å². The highest BCUT2D eigenvalue weighted by molar-refractivity contribution is 6.55. The van der Waals surface area contributed by atoms with Gasteiger partial charge in [-0.1, -0.05) is 80.5 Å². The summed E-state index contributed by atoms with van der Waals surface area (Å²) in [7, 11) is 2.43. The summed E-state index contributed by atoms with van der Waals surface area (Å²) in [5.41, 5.74) is 9.19. The molecule has 2 fully saturated rings. The molecule has 2 aromatic rings. The van der Waals surface area contributed by atoms with E-state index in [1.807, 2.05) is 0 Å². The number of nitrogens with one attached hydrogen (secondary N) is 1. The van der Waals surface area contributed by atoms with Crippen molar-refractivity contribution in [2.24, 2.45) is 11.0 Å². The second-order valence-electron chi connectivity index (χ2n) is 9.45. The second kappa shape index (κ2) is 9.90. The van der Waals surface area contributed by atoms with Crippen molar-refractivity contribution in [1.29, 1.82) is 0 Å². The van der Waals surface area contributed by atoms with E-state index >= 15 is 0 Å². The Kier molecular flexibility index (Phi) is 6.56. The number of allylic oxidation sites excluding steroid dienone is 1. The van der Waals surface area contributed by atoms with E-state index in [9.17, 15) is 4.79 Å². The molecular weight excluding hydrogens is 411 g/mol. The molecule has 0 saturated heterocycles. The Balaban J connectivity index is 1.42. The summed E-state index contributed by atoms with van der Waals surface area (Å²) in [4.78, 5) is 19.9. The number of hydrazone groups is 1. The fraction of sp³-hybridized carbons (Fsp3) is 0.462. The van der Waals surface area contributed by atoms with Crippen LogP contribution in [0.2, 0.25) is 5.82 Å². The molecule has 1 aromatic heterocycles. The number of hydrogen-bond acceptors (Lipinski definition) is 5. The minimum Gasteiger partial charge on any atom is -0.478 e. The fourth-order valence-corrected chi connectivity index (χ4v) is 5.42. The lowest BCUT2D eigenvalue weighted by atomic mass is 9.58. The quantitative estimate of drug-likeness (QED) is 0.665. The maximum absolute atomic E-state index is 11.2. The Hall–Kier alpha value is -2.96. The van der Waals surface area contributed by atoms with E-state index < -0.39 is 5.97 Å². The minimum atomic E-state index is -1.02.